The Hall–Kier alpha value is -11.8. The summed E-state index contributed by atoms with van der Waals surface area (Å²) in [5, 5.41) is 4.74. The summed E-state index contributed by atoms with van der Waals surface area (Å²) in [6, 6.07) is 110. The van der Waals surface area contributed by atoms with Crippen molar-refractivity contribution in [1.29, 1.82) is 0 Å². The molecule has 8 nitrogen and oxygen atoms in total. The predicted octanol–water partition coefficient (Wildman–Crippen LogP) is 22.1. The van der Waals surface area contributed by atoms with Crippen molar-refractivity contribution in [3.8, 4) is 79.0 Å². The van der Waals surface area contributed by atoms with Crippen molar-refractivity contribution >= 4 is 67.8 Å². The third kappa shape index (κ3) is 9.52. The van der Waals surface area contributed by atoms with E-state index in [0.29, 0.717) is 5.15 Å². The minimum Gasteiger partial charge on any atom is -0.457 e. The number of hydrogen-bond donors (Lipinski definition) is 0. The maximum Gasteiger partial charge on any atom is 0.494 e. The molecule has 12 aromatic carbocycles. The SMILES string of the molecule is CC1(C)OB(c2ccc3c(c2)C2(c4ccccc4O3)c3ccccc3-c3ccccc32)OC1(C)C.Clc1ccc2ccc3ccc(-c4ccccc4)nc3c2n1.c1ccc(-c2ccc3ccc4ccc(-c5ccc6c(c5)C5(c7ccccc7O6)c6ccccc6-c6ccccc65)nc4c3n2)cc1. The van der Waals surface area contributed by atoms with Gasteiger partial charge in [-0.15, -0.1) is 0 Å². The lowest BCUT2D eigenvalue weighted by Crippen LogP contribution is -2.41. The molecule has 102 heavy (non-hydrogen) atoms. The Morgan fingerprint density at radius 3 is 1.03 bits per heavy atom. The topological polar surface area (TPSA) is 88.5 Å². The van der Waals surface area contributed by atoms with Crippen molar-refractivity contribution in [3.05, 3.63) is 365 Å². The minimum absolute atomic E-state index is 0.402. The lowest BCUT2D eigenvalue weighted by molar-refractivity contribution is 0.00578. The van der Waals surface area contributed by atoms with Crippen molar-refractivity contribution in [2.45, 2.75) is 49.7 Å². The molecule has 1 saturated heterocycles. The largest absolute Gasteiger partial charge is 0.494 e. The quantitative estimate of drug-likeness (QED) is 0.0978. The fraction of sp³-hybridized carbons (Fsp3) is 0.0870. The van der Waals surface area contributed by atoms with Gasteiger partial charge in [0.2, 0.25) is 0 Å². The number of nitrogens with zero attached hydrogens (tertiary/aromatic N) is 4. The number of hydrogen-bond acceptors (Lipinski definition) is 8. The zero-order chi connectivity index (χ0) is 68.5. The molecule has 0 atom stereocenters. The second kappa shape index (κ2) is 23.7. The average Bonchev–Trinajstić information content (AvgIpc) is 1.49. The van der Waals surface area contributed by atoms with Crippen molar-refractivity contribution in [3.63, 3.8) is 0 Å². The maximum atomic E-state index is 6.64. The van der Waals surface area contributed by atoms with E-state index >= 15 is 0 Å². The van der Waals surface area contributed by atoms with E-state index in [4.69, 9.17) is 45.3 Å². The molecule has 7 heterocycles. The molecule has 5 aliphatic rings. The van der Waals surface area contributed by atoms with Crippen LogP contribution >= 0.6 is 11.6 Å². The molecule has 4 aromatic heterocycles. The van der Waals surface area contributed by atoms with Gasteiger partial charge in [0.25, 0.3) is 0 Å². The van der Waals surface area contributed by atoms with Crippen molar-refractivity contribution in [2.75, 3.05) is 0 Å². The molecule has 486 valence electrons. The van der Waals surface area contributed by atoms with Crippen LogP contribution in [0.25, 0.3) is 99.6 Å². The molecule has 0 unspecified atom stereocenters. The van der Waals surface area contributed by atoms with Crippen molar-refractivity contribution < 1.29 is 18.8 Å². The van der Waals surface area contributed by atoms with Gasteiger partial charge in [0, 0.05) is 60.5 Å². The number of para-hydroxylation sites is 2. The van der Waals surface area contributed by atoms with E-state index in [-0.39, 0.29) is 0 Å². The first-order valence-electron chi connectivity index (χ1n) is 34.7. The molecule has 1 fully saturated rings. The van der Waals surface area contributed by atoms with E-state index in [9.17, 15) is 0 Å². The molecule has 0 amide bonds. The van der Waals surface area contributed by atoms with Crippen LogP contribution in [0.15, 0.2) is 315 Å². The fourth-order valence-corrected chi connectivity index (χ4v) is 16.4. The zero-order valence-corrected chi connectivity index (χ0v) is 57.2. The summed E-state index contributed by atoms with van der Waals surface area (Å²) in [6.45, 7) is 8.37. The van der Waals surface area contributed by atoms with Gasteiger partial charge in [-0.3, -0.25) is 0 Å². The van der Waals surface area contributed by atoms with Gasteiger partial charge in [-0.05, 0) is 144 Å². The molecule has 0 N–H and O–H groups in total. The number of ether oxygens (including phenoxy) is 2. The molecule has 16 aromatic rings. The van der Waals surface area contributed by atoms with E-state index in [1.54, 1.807) is 6.07 Å². The van der Waals surface area contributed by atoms with Crippen LogP contribution in [0, 0.1) is 0 Å². The van der Waals surface area contributed by atoms with Crippen LogP contribution in [0.2, 0.25) is 5.15 Å². The third-order valence-corrected chi connectivity index (χ3v) is 21.9. The Morgan fingerprint density at radius 2 is 0.598 bits per heavy atom. The second-order valence-corrected chi connectivity index (χ2v) is 28.2. The summed E-state index contributed by atoms with van der Waals surface area (Å²) in [4.78, 5) is 19.7. The van der Waals surface area contributed by atoms with Crippen molar-refractivity contribution in [2.24, 2.45) is 0 Å². The highest BCUT2D eigenvalue weighted by Gasteiger charge is 2.55. The van der Waals surface area contributed by atoms with Crippen LogP contribution in [0.3, 0.4) is 0 Å². The molecule has 2 aliphatic carbocycles. The molecule has 0 bridgehead atoms. The van der Waals surface area contributed by atoms with Gasteiger partial charge in [0.15, 0.2) is 0 Å². The maximum absolute atomic E-state index is 6.64. The van der Waals surface area contributed by atoms with E-state index < -0.39 is 29.2 Å². The summed E-state index contributed by atoms with van der Waals surface area (Å²) in [5.41, 5.74) is 23.5. The molecule has 0 radical (unpaired) electrons. The van der Waals surface area contributed by atoms with E-state index in [0.717, 1.165) is 128 Å². The standard InChI is InChI=1S/C43H26N2O.C31H27BO3.C18H11ClN2/c1-2-10-27(11-3-1)37-23-20-28-18-19-29-21-24-38(45-42(29)41(28)44-37)30-22-25-40-36(26-30)43(35-16-8-9-17-39(35)46-40)33-14-6-4-12-31(33)32-13-5-7-15-34(32)43;1-29(2)30(3,4)35-32(34-29)20-17-18-28-26(19-20)31(25-15-9-10-16-27(25)33-28)23-13-7-5-11-21(23)22-12-6-8-14-24(22)31;19-16-11-9-14-7-6-13-8-10-15(12-4-2-1-3-5-12)20-17(13)18(14)21-16/h1-26H;5-19H,1-4H3;1-11H. The number of halogens is 1. The van der Waals surface area contributed by atoms with Crippen LogP contribution in [0.4, 0.5) is 0 Å². The first kappa shape index (κ1) is 61.3. The summed E-state index contributed by atoms with van der Waals surface area (Å²) < 4.78 is 26.0. The Bertz CT molecular complexity index is 5990. The second-order valence-electron chi connectivity index (χ2n) is 27.8. The lowest BCUT2D eigenvalue weighted by atomic mass is 9.64. The van der Waals surface area contributed by atoms with Crippen molar-refractivity contribution in [1.82, 2.24) is 19.9 Å². The monoisotopic (exact) mass is 1330 g/mol. The molecule has 2 spiro atoms. The predicted molar refractivity (Wildman–Crippen MR) is 412 cm³/mol. The van der Waals surface area contributed by atoms with Crippen LogP contribution in [0.5, 0.6) is 23.0 Å². The number of rotatable bonds is 4. The van der Waals surface area contributed by atoms with Crippen LogP contribution in [0.1, 0.15) is 72.2 Å². The van der Waals surface area contributed by atoms with Gasteiger partial charge in [-0.25, -0.2) is 19.9 Å². The first-order chi connectivity index (χ1) is 49.9. The summed E-state index contributed by atoms with van der Waals surface area (Å²) >= 11 is 6.04. The molecule has 3 aliphatic heterocycles. The Labute approximate surface area is 596 Å². The van der Waals surface area contributed by atoms with E-state index in [1.165, 1.54) is 44.5 Å². The molecular weight excluding hydrogens is 1270 g/mol. The number of benzene rings is 12. The number of pyridine rings is 4. The van der Waals surface area contributed by atoms with E-state index in [1.807, 2.05) is 60.7 Å². The Balaban J connectivity index is 0.000000113. The normalized spacial score (nSPS) is 15.1. The lowest BCUT2D eigenvalue weighted by Gasteiger charge is -2.39. The molecule has 21 rings (SSSR count). The number of fused-ring (bicyclic) bond motifs is 24. The van der Waals surface area contributed by atoms with E-state index in [2.05, 4.69) is 281 Å². The Kier molecular flexibility index (Phi) is 14.2. The number of aromatic nitrogens is 4. The first-order valence-corrected chi connectivity index (χ1v) is 35.1. The fourth-order valence-electron chi connectivity index (χ4n) is 16.2. The van der Waals surface area contributed by atoms with Crippen LogP contribution in [-0.4, -0.2) is 38.3 Å². The highest BCUT2D eigenvalue weighted by molar-refractivity contribution is 6.62. The molecular formula is C92H64BClN4O4. The highest BCUT2D eigenvalue weighted by atomic mass is 35.5. The van der Waals surface area contributed by atoms with Crippen LogP contribution in [-0.2, 0) is 20.1 Å². The van der Waals surface area contributed by atoms with Gasteiger partial charge in [-0.2, -0.15) is 0 Å². The Morgan fingerprint density at radius 1 is 0.275 bits per heavy atom. The highest BCUT2D eigenvalue weighted by Crippen LogP contribution is 2.64. The van der Waals surface area contributed by atoms with Gasteiger partial charge >= 0.3 is 7.12 Å². The van der Waals surface area contributed by atoms with Gasteiger partial charge < -0.3 is 18.8 Å². The van der Waals surface area contributed by atoms with Gasteiger partial charge in [0.1, 0.15) is 28.2 Å². The molecule has 10 heteroatoms. The smallest absolute Gasteiger partial charge is 0.457 e. The summed E-state index contributed by atoms with van der Waals surface area (Å²) in [5.74, 6) is 3.53. The minimum atomic E-state index is -0.511. The summed E-state index contributed by atoms with van der Waals surface area (Å²) in [6.07, 6.45) is 0. The van der Waals surface area contributed by atoms with Gasteiger partial charge in [0.05, 0.1) is 61.2 Å². The average molecular weight is 1340 g/mol. The third-order valence-electron chi connectivity index (χ3n) is 21.7. The van der Waals surface area contributed by atoms with Gasteiger partial charge in [-0.1, -0.05) is 260 Å². The van der Waals surface area contributed by atoms with Crippen LogP contribution < -0.4 is 14.9 Å². The summed E-state index contributed by atoms with van der Waals surface area (Å²) in [7, 11) is -0.439. The molecule has 0 saturated carbocycles. The zero-order valence-electron chi connectivity index (χ0n) is 56.4.